The number of nitrogens with one attached hydrogen (secondary N) is 1. The molecule has 0 radical (unpaired) electrons. The molecule has 0 bridgehead atoms. The Morgan fingerprint density at radius 1 is 1.29 bits per heavy atom. The number of nitriles is 1. The van der Waals surface area contributed by atoms with Crippen LogP contribution in [0.3, 0.4) is 0 Å². The Labute approximate surface area is 172 Å². The van der Waals surface area contributed by atoms with Gasteiger partial charge in [-0.25, -0.2) is 9.97 Å². The van der Waals surface area contributed by atoms with Crippen molar-refractivity contribution in [2.24, 2.45) is 5.92 Å². The topological polar surface area (TPSA) is 105 Å². The monoisotopic (exact) mass is 413 g/mol. The number of nitrogens with two attached hydrogens (primary N) is 1. The molecule has 1 amide bonds. The second-order valence-corrected chi connectivity index (χ2v) is 7.08. The van der Waals surface area contributed by atoms with Crippen molar-refractivity contribution in [3.63, 3.8) is 0 Å². The van der Waals surface area contributed by atoms with Crippen LogP contribution in [-0.2, 0) is 4.79 Å². The summed E-state index contributed by atoms with van der Waals surface area (Å²) in [5.74, 6) is 0.933. The van der Waals surface area contributed by atoms with Crippen LogP contribution in [-0.4, -0.2) is 15.9 Å². The third-order valence-electron chi connectivity index (χ3n) is 4.16. The van der Waals surface area contributed by atoms with Crippen molar-refractivity contribution >= 4 is 51.5 Å². The van der Waals surface area contributed by atoms with Crippen molar-refractivity contribution < 1.29 is 4.79 Å². The van der Waals surface area contributed by atoms with E-state index in [2.05, 4.69) is 15.3 Å². The van der Waals surface area contributed by atoms with Gasteiger partial charge in [0.2, 0.25) is 5.91 Å². The van der Waals surface area contributed by atoms with E-state index in [9.17, 15) is 4.79 Å². The molecule has 0 unspecified atom stereocenters. The van der Waals surface area contributed by atoms with Gasteiger partial charge < -0.3 is 11.1 Å². The highest BCUT2D eigenvalue weighted by atomic mass is 35.5. The molecule has 6 nitrogen and oxygen atoms in total. The Balaban J connectivity index is 0.000000706. The number of carbonyl (C=O) groups is 1. The van der Waals surface area contributed by atoms with E-state index in [-0.39, 0.29) is 11.8 Å². The number of nitrogen functional groups attached to an aromatic ring is 1. The van der Waals surface area contributed by atoms with Crippen molar-refractivity contribution in [3.8, 4) is 17.3 Å². The van der Waals surface area contributed by atoms with Crippen molar-refractivity contribution in [2.75, 3.05) is 11.1 Å². The standard InChI is InChI=1S/C18H14Cl2N4O.C2H3N/c19-12-2-1-3-13(20)16(12)14-6-10-7-15(24-18(25)9-4-5-9)22-8-11(10)17(21)23-14;1-2-3/h1-3,6-9H,4-5H2,(H2,21,23)(H,22,24,25);1H3. The van der Waals surface area contributed by atoms with Crippen LogP contribution in [0.15, 0.2) is 36.5 Å². The Morgan fingerprint density at radius 3 is 2.54 bits per heavy atom. The first-order valence-corrected chi connectivity index (χ1v) is 9.32. The van der Waals surface area contributed by atoms with Crippen LogP contribution in [0.4, 0.5) is 11.6 Å². The number of hydrogen-bond donors (Lipinski definition) is 2. The fourth-order valence-corrected chi connectivity index (χ4v) is 3.28. The summed E-state index contributed by atoms with van der Waals surface area (Å²) in [6, 6.07) is 10.6. The first-order chi connectivity index (χ1) is 13.4. The van der Waals surface area contributed by atoms with E-state index in [0.717, 1.165) is 18.2 Å². The van der Waals surface area contributed by atoms with Crippen LogP contribution < -0.4 is 11.1 Å². The highest BCUT2D eigenvalue weighted by Gasteiger charge is 2.29. The minimum absolute atomic E-state index is 0.00301. The summed E-state index contributed by atoms with van der Waals surface area (Å²) in [6.45, 7) is 1.43. The molecule has 0 saturated heterocycles. The molecular formula is C20H17Cl2N5O. The fourth-order valence-electron chi connectivity index (χ4n) is 2.69. The van der Waals surface area contributed by atoms with Gasteiger partial charge in [-0.2, -0.15) is 5.26 Å². The number of carbonyl (C=O) groups excluding carboxylic acids is 1. The van der Waals surface area contributed by atoms with Gasteiger partial charge >= 0.3 is 0 Å². The van der Waals surface area contributed by atoms with Crippen LogP contribution in [0.5, 0.6) is 0 Å². The number of halogens is 2. The van der Waals surface area contributed by atoms with Gasteiger partial charge in [-0.05, 0) is 42.5 Å². The number of benzene rings is 1. The Kier molecular flexibility index (Phi) is 5.98. The van der Waals surface area contributed by atoms with E-state index in [4.69, 9.17) is 34.2 Å². The van der Waals surface area contributed by atoms with Crippen LogP contribution in [0.1, 0.15) is 19.8 Å². The fraction of sp³-hybridized carbons (Fsp3) is 0.200. The Bertz CT molecular complexity index is 1070. The van der Waals surface area contributed by atoms with Gasteiger partial charge in [0, 0.05) is 30.0 Å². The van der Waals surface area contributed by atoms with Crippen LogP contribution in [0.25, 0.3) is 22.0 Å². The summed E-state index contributed by atoms with van der Waals surface area (Å²) in [7, 11) is 0. The third-order valence-corrected chi connectivity index (χ3v) is 4.79. The van der Waals surface area contributed by atoms with E-state index in [1.807, 2.05) is 6.07 Å². The third kappa shape index (κ3) is 4.33. The zero-order valence-electron chi connectivity index (χ0n) is 15.0. The first kappa shape index (κ1) is 19.9. The Morgan fingerprint density at radius 2 is 1.93 bits per heavy atom. The zero-order valence-corrected chi connectivity index (χ0v) is 16.6. The second-order valence-electron chi connectivity index (χ2n) is 6.27. The van der Waals surface area contributed by atoms with Gasteiger partial charge in [0.1, 0.15) is 11.6 Å². The van der Waals surface area contributed by atoms with E-state index < -0.39 is 0 Å². The first-order valence-electron chi connectivity index (χ1n) is 8.57. The molecule has 3 aromatic rings. The van der Waals surface area contributed by atoms with Crippen LogP contribution in [0.2, 0.25) is 10.0 Å². The molecule has 4 rings (SSSR count). The molecule has 3 N–H and O–H groups in total. The van der Waals surface area contributed by atoms with E-state index in [0.29, 0.717) is 38.3 Å². The lowest BCUT2D eigenvalue weighted by Crippen LogP contribution is -2.14. The average molecular weight is 414 g/mol. The summed E-state index contributed by atoms with van der Waals surface area (Å²) in [5, 5.41) is 12.7. The molecule has 1 aromatic carbocycles. The van der Waals surface area contributed by atoms with E-state index in [1.165, 1.54) is 6.92 Å². The van der Waals surface area contributed by atoms with E-state index >= 15 is 0 Å². The lowest BCUT2D eigenvalue weighted by Gasteiger charge is -2.10. The molecule has 1 saturated carbocycles. The number of rotatable bonds is 3. The van der Waals surface area contributed by atoms with Crippen molar-refractivity contribution in [1.82, 2.24) is 9.97 Å². The maximum atomic E-state index is 11.9. The summed E-state index contributed by atoms with van der Waals surface area (Å²) in [6.07, 6.45) is 3.48. The summed E-state index contributed by atoms with van der Waals surface area (Å²) in [4.78, 5) is 20.6. The summed E-state index contributed by atoms with van der Waals surface area (Å²) >= 11 is 12.5. The summed E-state index contributed by atoms with van der Waals surface area (Å²) < 4.78 is 0. The maximum absolute atomic E-state index is 11.9. The molecule has 0 spiro atoms. The minimum atomic E-state index is 0.00301. The molecule has 0 atom stereocenters. The highest BCUT2D eigenvalue weighted by Crippen LogP contribution is 2.36. The van der Waals surface area contributed by atoms with Gasteiger partial charge in [-0.1, -0.05) is 29.3 Å². The van der Waals surface area contributed by atoms with Gasteiger partial charge in [-0.3, -0.25) is 4.79 Å². The van der Waals surface area contributed by atoms with Crippen molar-refractivity contribution in [3.05, 3.63) is 46.6 Å². The zero-order chi connectivity index (χ0) is 20.3. The Hall–Kier alpha value is -2.88. The number of hydrogen-bond acceptors (Lipinski definition) is 5. The lowest BCUT2D eigenvalue weighted by molar-refractivity contribution is -0.117. The molecule has 2 aromatic heterocycles. The number of anilines is 2. The largest absolute Gasteiger partial charge is 0.383 e. The number of fused-ring (bicyclic) bond motifs is 1. The lowest BCUT2D eigenvalue weighted by atomic mass is 10.1. The maximum Gasteiger partial charge on any atom is 0.228 e. The van der Waals surface area contributed by atoms with Gasteiger partial charge in [0.05, 0.1) is 21.8 Å². The quantitative estimate of drug-likeness (QED) is 0.623. The average Bonchev–Trinajstić information content (AvgIpc) is 3.47. The molecule has 0 aliphatic heterocycles. The molecule has 2 heterocycles. The molecule has 1 aliphatic rings. The number of amides is 1. The SMILES string of the molecule is CC#N.Nc1nc(-c2c(Cl)cccc2Cl)cc2cc(NC(=O)C3CC3)ncc12. The molecule has 8 heteroatoms. The van der Waals surface area contributed by atoms with Gasteiger partial charge in [0.25, 0.3) is 0 Å². The minimum Gasteiger partial charge on any atom is -0.383 e. The number of nitrogens with zero attached hydrogens (tertiary/aromatic N) is 3. The highest BCUT2D eigenvalue weighted by molar-refractivity contribution is 6.39. The van der Waals surface area contributed by atoms with Crippen LogP contribution in [0, 0.1) is 17.2 Å². The number of aromatic nitrogens is 2. The molecule has 142 valence electrons. The molecular weight excluding hydrogens is 397 g/mol. The predicted molar refractivity (Wildman–Crippen MR) is 112 cm³/mol. The smallest absolute Gasteiger partial charge is 0.228 e. The summed E-state index contributed by atoms with van der Waals surface area (Å²) in [5.41, 5.74) is 7.28. The molecule has 1 aliphatic carbocycles. The number of pyridine rings is 2. The predicted octanol–water partition coefficient (Wildman–Crippen LogP) is 5.06. The van der Waals surface area contributed by atoms with Crippen LogP contribution >= 0.6 is 23.2 Å². The van der Waals surface area contributed by atoms with Crippen molar-refractivity contribution in [2.45, 2.75) is 19.8 Å². The molecule has 1 fully saturated rings. The van der Waals surface area contributed by atoms with Gasteiger partial charge in [0.15, 0.2) is 0 Å². The second kappa shape index (κ2) is 8.42. The molecule has 28 heavy (non-hydrogen) atoms. The van der Waals surface area contributed by atoms with E-state index in [1.54, 1.807) is 36.5 Å². The van der Waals surface area contributed by atoms with Gasteiger partial charge in [-0.15, -0.1) is 0 Å². The van der Waals surface area contributed by atoms with Crippen molar-refractivity contribution in [1.29, 1.82) is 5.26 Å². The normalized spacial score (nSPS) is 12.6.